The van der Waals surface area contributed by atoms with E-state index in [1.54, 1.807) is 25.1 Å². The van der Waals surface area contributed by atoms with E-state index in [9.17, 15) is 29.4 Å². The van der Waals surface area contributed by atoms with Crippen LogP contribution in [0.15, 0.2) is 41.3 Å². The molecule has 2 aliphatic rings. The van der Waals surface area contributed by atoms with Crippen molar-refractivity contribution in [1.29, 1.82) is 0 Å². The first-order valence-electron chi connectivity index (χ1n) is 12.6. The Hall–Kier alpha value is -4.93. The first-order chi connectivity index (χ1) is 18.8. The van der Waals surface area contributed by atoms with Crippen LogP contribution in [-0.4, -0.2) is 48.6 Å². The van der Waals surface area contributed by atoms with Crippen LogP contribution in [0.5, 0.6) is 17.2 Å². The van der Waals surface area contributed by atoms with E-state index < -0.39 is 34.5 Å². The summed E-state index contributed by atoms with van der Waals surface area (Å²) in [6, 6.07) is 5.26. The molecular weight excluding hydrogens is 518 g/mol. The van der Waals surface area contributed by atoms with Crippen LogP contribution in [0.4, 0.5) is 5.69 Å². The molecule has 2 aromatic carbocycles. The smallest absolute Gasteiger partial charge is 0.303 e. The van der Waals surface area contributed by atoms with Gasteiger partial charge < -0.3 is 30.4 Å². The van der Waals surface area contributed by atoms with Gasteiger partial charge in [-0.05, 0) is 52.3 Å². The zero-order valence-electron chi connectivity index (χ0n) is 22.3. The number of benzene rings is 2. The average molecular weight is 546 g/mol. The van der Waals surface area contributed by atoms with Crippen molar-refractivity contribution >= 4 is 40.0 Å². The molecule has 0 unspecified atom stereocenters. The molecule has 5 rings (SSSR count). The highest BCUT2D eigenvalue weighted by atomic mass is 16.5. The summed E-state index contributed by atoms with van der Waals surface area (Å²) in [6.07, 6.45) is 2.12. The number of anilines is 1. The Bertz CT molecular complexity index is 1730. The van der Waals surface area contributed by atoms with Crippen molar-refractivity contribution in [2.75, 3.05) is 5.32 Å². The second-order valence-corrected chi connectivity index (χ2v) is 10.2. The molecule has 40 heavy (non-hydrogen) atoms. The number of fused-ring (bicyclic) bond motifs is 4. The largest absolute Gasteiger partial charge is 0.507 e. The molecule has 0 fully saturated rings. The Kier molecular flexibility index (Phi) is 6.24. The number of hydrogen-bond donors (Lipinski definition) is 5. The van der Waals surface area contributed by atoms with E-state index in [0.717, 1.165) is 0 Å². The molecule has 1 atom stereocenters. The zero-order valence-corrected chi connectivity index (χ0v) is 22.3. The van der Waals surface area contributed by atoms with Gasteiger partial charge in [-0.3, -0.25) is 19.2 Å². The van der Waals surface area contributed by atoms with E-state index in [1.165, 1.54) is 26.8 Å². The van der Waals surface area contributed by atoms with Gasteiger partial charge in [0.2, 0.25) is 0 Å². The lowest BCUT2D eigenvalue weighted by molar-refractivity contribution is -0.137. The predicted molar refractivity (Wildman–Crippen MR) is 144 cm³/mol. The highest BCUT2D eigenvalue weighted by Crippen LogP contribution is 2.57. The van der Waals surface area contributed by atoms with Crippen LogP contribution >= 0.6 is 0 Å². The average Bonchev–Trinajstić information content (AvgIpc) is 3.40. The van der Waals surface area contributed by atoms with E-state index in [0.29, 0.717) is 35.4 Å². The second-order valence-electron chi connectivity index (χ2n) is 10.2. The fraction of sp³-hybridized carbons (Fsp3) is 0.276. The summed E-state index contributed by atoms with van der Waals surface area (Å²) in [5.74, 6) is -2.99. The SMILES string of the molecule is CC(=O)c1c(O)c(C)c(O)c2c1OC1=CC(=O)/C(=C(/C)Nc3ccc4nc(CCCC(=O)O)[nH]c4c3)C(=O)[C@@]12C. The van der Waals surface area contributed by atoms with Crippen LogP contribution in [0.2, 0.25) is 0 Å². The molecule has 206 valence electrons. The number of rotatable bonds is 7. The van der Waals surface area contributed by atoms with E-state index in [-0.39, 0.29) is 51.6 Å². The normalized spacial score (nSPS) is 19.1. The molecule has 0 saturated carbocycles. The first kappa shape index (κ1) is 26.7. The summed E-state index contributed by atoms with van der Waals surface area (Å²) < 4.78 is 5.79. The maximum absolute atomic E-state index is 14.0. The molecule has 0 spiro atoms. The summed E-state index contributed by atoms with van der Waals surface area (Å²) in [7, 11) is 0. The Labute approximate surface area is 228 Å². The number of aryl methyl sites for hydroxylation is 1. The van der Waals surface area contributed by atoms with Gasteiger partial charge in [0, 0.05) is 35.9 Å². The Morgan fingerprint density at radius 1 is 1.15 bits per heavy atom. The summed E-state index contributed by atoms with van der Waals surface area (Å²) in [4.78, 5) is 57.9. The second kappa shape index (κ2) is 9.37. The molecule has 0 saturated heterocycles. The topological polar surface area (TPSA) is 179 Å². The molecule has 2 heterocycles. The van der Waals surface area contributed by atoms with Crippen LogP contribution in [0.25, 0.3) is 11.0 Å². The molecule has 0 amide bonds. The van der Waals surface area contributed by atoms with Crippen LogP contribution in [-0.2, 0) is 26.2 Å². The Morgan fingerprint density at radius 2 is 1.88 bits per heavy atom. The van der Waals surface area contributed by atoms with E-state index in [4.69, 9.17) is 9.84 Å². The predicted octanol–water partition coefficient (Wildman–Crippen LogP) is 3.96. The number of phenolic OH excluding ortho intramolecular Hbond substituents is 2. The third-order valence-electron chi connectivity index (χ3n) is 7.43. The fourth-order valence-electron chi connectivity index (χ4n) is 5.31. The summed E-state index contributed by atoms with van der Waals surface area (Å²) in [5, 5.41) is 33.4. The van der Waals surface area contributed by atoms with Gasteiger partial charge >= 0.3 is 5.97 Å². The number of ether oxygens (including phenoxy) is 1. The van der Waals surface area contributed by atoms with Gasteiger partial charge in [0.05, 0.1) is 22.2 Å². The molecule has 11 heteroatoms. The fourth-order valence-corrected chi connectivity index (χ4v) is 5.31. The minimum Gasteiger partial charge on any atom is -0.507 e. The number of allylic oxidation sites excluding steroid dienone is 4. The molecular formula is C29H27N3O8. The molecule has 1 aromatic heterocycles. The third kappa shape index (κ3) is 4.01. The van der Waals surface area contributed by atoms with Gasteiger partial charge in [-0.15, -0.1) is 0 Å². The maximum atomic E-state index is 14.0. The molecule has 3 aromatic rings. The molecule has 11 nitrogen and oxygen atoms in total. The number of aromatic amines is 1. The number of imidazole rings is 1. The lowest BCUT2D eigenvalue weighted by atomic mass is 9.70. The van der Waals surface area contributed by atoms with Crippen molar-refractivity contribution in [1.82, 2.24) is 9.97 Å². The molecule has 0 bridgehead atoms. The summed E-state index contributed by atoms with van der Waals surface area (Å²) >= 11 is 0. The minimum atomic E-state index is -1.60. The van der Waals surface area contributed by atoms with Crippen molar-refractivity contribution < 1.29 is 39.2 Å². The van der Waals surface area contributed by atoms with Gasteiger partial charge in [0.15, 0.2) is 17.3 Å². The van der Waals surface area contributed by atoms with E-state index in [2.05, 4.69) is 15.3 Å². The van der Waals surface area contributed by atoms with Gasteiger partial charge in [0.25, 0.3) is 0 Å². The number of aromatic hydroxyl groups is 2. The quantitative estimate of drug-likeness (QED) is 0.166. The lowest BCUT2D eigenvalue weighted by Gasteiger charge is -2.29. The van der Waals surface area contributed by atoms with Crippen LogP contribution in [0, 0.1) is 6.92 Å². The van der Waals surface area contributed by atoms with Gasteiger partial charge in [-0.2, -0.15) is 0 Å². The van der Waals surface area contributed by atoms with Crippen LogP contribution < -0.4 is 10.1 Å². The monoisotopic (exact) mass is 545 g/mol. The summed E-state index contributed by atoms with van der Waals surface area (Å²) in [5.41, 5.74) is 0.346. The minimum absolute atomic E-state index is 0.0234. The Balaban J connectivity index is 1.51. The number of carbonyl (C=O) groups excluding carboxylic acids is 3. The van der Waals surface area contributed by atoms with E-state index >= 15 is 0 Å². The van der Waals surface area contributed by atoms with Gasteiger partial charge in [0.1, 0.15) is 39.8 Å². The molecule has 1 aliphatic heterocycles. The van der Waals surface area contributed by atoms with Crippen molar-refractivity contribution in [3.05, 3.63) is 63.8 Å². The number of aliphatic carboxylic acids is 1. The van der Waals surface area contributed by atoms with Gasteiger partial charge in [-0.1, -0.05) is 0 Å². The molecule has 5 N–H and O–H groups in total. The number of nitrogens with one attached hydrogen (secondary N) is 2. The number of carboxylic acids is 1. The zero-order chi connectivity index (χ0) is 29.1. The molecule has 1 aliphatic carbocycles. The number of phenols is 2. The number of aromatic nitrogens is 2. The number of carbonyl (C=O) groups is 4. The van der Waals surface area contributed by atoms with Crippen molar-refractivity contribution in [3.63, 3.8) is 0 Å². The number of Topliss-reactive ketones (excluding diaryl/α,β-unsaturated/α-hetero) is 2. The standard InChI is InChI=1S/C29H27N3O8/c1-12-25(37)23(14(3)33)27-24(26(12)38)29(4)19(40-27)11-18(34)22(28(29)39)13(2)30-15-8-9-16-17(10-15)32-20(31-16)6-5-7-21(35)36/h8-11,30,37-38H,5-7H2,1-4H3,(H,31,32)(H,35,36)/b22-13+/t29-/m0/s1. The highest BCUT2D eigenvalue weighted by Gasteiger charge is 2.56. The van der Waals surface area contributed by atoms with Gasteiger partial charge in [-0.25, -0.2) is 4.98 Å². The summed E-state index contributed by atoms with van der Waals surface area (Å²) in [6.45, 7) is 5.75. The molecule has 0 radical (unpaired) electrons. The maximum Gasteiger partial charge on any atom is 0.303 e. The number of H-pyrrole nitrogens is 1. The van der Waals surface area contributed by atoms with Crippen LogP contribution in [0.1, 0.15) is 60.9 Å². The van der Waals surface area contributed by atoms with Crippen LogP contribution in [0.3, 0.4) is 0 Å². The number of carboxylic acid groups (broad SMARTS) is 1. The Morgan fingerprint density at radius 3 is 2.55 bits per heavy atom. The lowest BCUT2D eigenvalue weighted by Crippen LogP contribution is -2.40. The van der Waals surface area contributed by atoms with Crippen molar-refractivity contribution in [2.24, 2.45) is 0 Å². The number of hydrogen-bond acceptors (Lipinski definition) is 9. The first-order valence-corrected chi connectivity index (χ1v) is 12.6. The van der Waals surface area contributed by atoms with E-state index in [1.807, 2.05) is 0 Å². The highest BCUT2D eigenvalue weighted by molar-refractivity contribution is 6.31. The third-order valence-corrected chi connectivity index (χ3v) is 7.43. The van der Waals surface area contributed by atoms with Crippen molar-refractivity contribution in [2.45, 2.75) is 52.4 Å². The number of nitrogens with zero attached hydrogens (tertiary/aromatic N) is 1. The van der Waals surface area contributed by atoms with Crippen molar-refractivity contribution in [3.8, 4) is 17.2 Å². The number of ketones is 3.